The molecule has 0 aliphatic carbocycles. The molecule has 1 aromatic carbocycles. The van der Waals surface area contributed by atoms with Crippen LogP contribution in [0.4, 0.5) is 18.9 Å². The Kier molecular flexibility index (Phi) is 4.27. The van der Waals surface area contributed by atoms with Crippen LogP contribution in [0.15, 0.2) is 29.7 Å². The average molecular weight is 354 g/mol. The van der Waals surface area contributed by atoms with Gasteiger partial charge in [0.1, 0.15) is 0 Å². The maximum absolute atomic E-state index is 12.9. The van der Waals surface area contributed by atoms with Gasteiger partial charge in [0.2, 0.25) is 0 Å². The average Bonchev–Trinajstić information content (AvgIpc) is 2.74. The minimum absolute atomic E-state index is 0.0680. The molecule has 120 valence electrons. The highest BCUT2D eigenvalue weighted by atomic mass is 35.5. The summed E-state index contributed by atoms with van der Waals surface area (Å²) in [7, 11) is -3.63. The Labute approximate surface area is 130 Å². The summed E-state index contributed by atoms with van der Waals surface area (Å²) in [5.41, 5.74) is 0.195. The quantitative estimate of drug-likeness (QED) is 0.821. The SMILES string of the molecule is Cc1c(Cl)cccc1N(C(=O)C(F)(F)F)C1C=CS(=O)(=O)C1. The monoisotopic (exact) mass is 353 g/mol. The first-order valence-corrected chi connectivity index (χ1v) is 8.19. The van der Waals surface area contributed by atoms with Crippen LogP contribution < -0.4 is 4.90 Å². The number of nitrogens with zero attached hydrogens (tertiary/aromatic N) is 1. The predicted molar refractivity (Wildman–Crippen MR) is 76.4 cm³/mol. The number of alkyl halides is 3. The summed E-state index contributed by atoms with van der Waals surface area (Å²) in [4.78, 5) is 12.2. The van der Waals surface area contributed by atoms with E-state index in [0.717, 1.165) is 11.5 Å². The van der Waals surface area contributed by atoms with Crippen molar-refractivity contribution in [2.75, 3.05) is 10.7 Å². The van der Waals surface area contributed by atoms with Crippen molar-refractivity contribution in [3.05, 3.63) is 40.3 Å². The van der Waals surface area contributed by atoms with Gasteiger partial charge in [0.05, 0.1) is 11.8 Å². The van der Waals surface area contributed by atoms with Crippen LogP contribution in [0.1, 0.15) is 5.56 Å². The molecule has 4 nitrogen and oxygen atoms in total. The molecule has 9 heteroatoms. The number of benzene rings is 1. The van der Waals surface area contributed by atoms with Crippen LogP contribution in [-0.2, 0) is 14.6 Å². The molecule has 1 aromatic rings. The van der Waals surface area contributed by atoms with Crippen LogP contribution in [-0.4, -0.2) is 32.3 Å². The van der Waals surface area contributed by atoms with Crippen molar-refractivity contribution >= 4 is 33.0 Å². The number of sulfone groups is 1. The third-order valence-electron chi connectivity index (χ3n) is 3.20. The topological polar surface area (TPSA) is 54.5 Å². The first-order chi connectivity index (χ1) is 10.0. The molecule has 0 spiro atoms. The number of amides is 1. The maximum atomic E-state index is 12.9. The van der Waals surface area contributed by atoms with Gasteiger partial charge in [-0.3, -0.25) is 9.69 Å². The fourth-order valence-electron chi connectivity index (χ4n) is 2.15. The van der Waals surface area contributed by atoms with E-state index < -0.39 is 33.7 Å². The summed E-state index contributed by atoms with van der Waals surface area (Å²) in [6.45, 7) is 1.46. The van der Waals surface area contributed by atoms with Gasteiger partial charge in [-0.05, 0) is 30.7 Å². The molecule has 22 heavy (non-hydrogen) atoms. The van der Waals surface area contributed by atoms with E-state index in [1.165, 1.54) is 25.1 Å². The number of anilines is 1. The lowest BCUT2D eigenvalue weighted by Gasteiger charge is -2.29. The minimum Gasteiger partial charge on any atom is -0.296 e. The first-order valence-electron chi connectivity index (χ1n) is 6.09. The van der Waals surface area contributed by atoms with Crippen molar-refractivity contribution < 1.29 is 26.4 Å². The van der Waals surface area contributed by atoms with E-state index in [1.54, 1.807) is 0 Å². The zero-order valence-corrected chi connectivity index (χ0v) is 12.8. The number of carbonyl (C=O) groups excluding carboxylic acids is 1. The van der Waals surface area contributed by atoms with Crippen molar-refractivity contribution in [2.45, 2.75) is 19.1 Å². The highest BCUT2D eigenvalue weighted by Gasteiger charge is 2.46. The van der Waals surface area contributed by atoms with Gasteiger partial charge < -0.3 is 0 Å². The van der Waals surface area contributed by atoms with Crippen LogP contribution in [0.2, 0.25) is 5.02 Å². The van der Waals surface area contributed by atoms with Crippen LogP contribution in [0.25, 0.3) is 0 Å². The zero-order chi connectivity index (χ0) is 16.7. The van der Waals surface area contributed by atoms with Crippen LogP contribution in [0.3, 0.4) is 0 Å². The van der Waals surface area contributed by atoms with Gasteiger partial charge in [-0.25, -0.2) is 8.42 Å². The Balaban J connectivity index is 2.54. The third kappa shape index (κ3) is 3.27. The summed E-state index contributed by atoms with van der Waals surface area (Å²) >= 11 is 5.88. The second-order valence-electron chi connectivity index (χ2n) is 4.78. The van der Waals surface area contributed by atoms with Crippen molar-refractivity contribution in [3.8, 4) is 0 Å². The molecule has 0 radical (unpaired) electrons. The molecule has 2 rings (SSSR count). The van der Waals surface area contributed by atoms with Gasteiger partial charge in [0, 0.05) is 16.1 Å². The summed E-state index contributed by atoms with van der Waals surface area (Å²) in [6, 6.07) is 2.94. The number of hydrogen-bond acceptors (Lipinski definition) is 3. The molecule has 0 aromatic heterocycles. The van der Waals surface area contributed by atoms with Gasteiger partial charge >= 0.3 is 12.1 Å². The molecular weight excluding hydrogens is 343 g/mol. The van der Waals surface area contributed by atoms with E-state index in [9.17, 15) is 26.4 Å². The Morgan fingerprint density at radius 3 is 2.50 bits per heavy atom. The van der Waals surface area contributed by atoms with Crippen LogP contribution in [0.5, 0.6) is 0 Å². The lowest BCUT2D eigenvalue weighted by molar-refractivity contribution is -0.170. The van der Waals surface area contributed by atoms with E-state index in [4.69, 9.17) is 11.6 Å². The number of rotatable bonds is 2. The molecule has 1 unspecified atom stereocenters. The summed E-state index contributed by atoms with van der Waals surface area (Å²) in [6.07, 6.45) is -4.06. The molecule has 0 N–H and O–H groups in total. The number of carbonyl (C=O) groups is 1. The highest BCUT2D eigenvalue weighted by Crippen LogP contribution is 2.33. The van der Waals surface area contributed by atoms with Crippen LogP contribution in [0, 0.1) is 6.92 Å². The lowest BCUT2D eigenvalue weighted by Crippen LogP contribution is -2.48. The van der Waals surface area contributed by atoms with Gasteiger partial charge in [0.25, 0.3) is 0 Å². The number of hydrogen-bond donors (Lipinski definition) is 0. The molecule has 1 amide bonds. The molecule has 1 heterocycles. The highest BCUT2D eigenvalue weighted by molar-refractivity contribution is 7.94. The maximum Gasteiger partial charge on any atom is 0.471 e. The normalized spacial score (nSPS) is 20.1. The lowest BCUT2D eigenvalue weighted by atomic mass is 10.1. The molecule has 1 aliphatic rings. The Morgan fingerprint density at radius 1 is 1.36 bits per heavy atom. The third-order valence-corrected chi connectivity index (χ3v) is 4.99. The van der Waals surface area contributed by atoms with Gasteiger partial charge in [-0.1, -0.05) is 17.7 Å². The standard InChI is InChI=1S/C13H11ClF3NO3S/c1-8-10(14)3-2-4-11(8)18(12(19)13(15,16)17)9-5-6-22(20,21)7-9/h2-6,9H,7H2,1H3. The Hall–Kier alpha value is -1.54. The van der Waals surface area contributed by atoms with E-state index in [1.807, 2.05) is 0 Å². The minimum atomic E-state index is -5.13. The smallest absolute Gasteiger partial charge is 0.296 e. The second kappa shape index (κ2) is 5.58. The van der Waals surface area contributed by atoms with Crippen molar-refractivity contribution in [3.63, 3.8) is 0 Å². The van der Waals surface area contributed by atoms with Crippen molar-refractivity contribution in [2.24, 2.45) is 0 Å². The van der Waals surface area contributed by atoms with E-state index in [2.05, 4.69) is 0 Å². The summed E-state index contributed by atoms with van der Waals surface area (Å²) in [5.74, 6) is -2.73. The molecule has 0 fully saturated rings. The first kappa shape index (κ1) is 16.8. The van der Waals surface area contributed by atoms with Crippen molar-refractivity contribution in [1.82, 2.24) is 0 Å². The van der Waals surface area contributed by atoms with Crippen LogP contribution >= 0.6 is 11.6 Å². The fourth-order valence-corrected chi connectivity index (χ4v) is 3.59. The second-order valence-corrected chi connectivity index (χ2v) is 7.12. The van der Waals surface area contributed by atoms with Gasteiger partial charge in [0.15, 0.2) is 9.84 Å². The van der Waals surface area contributed by atoms with E-state index in [0.29, 0.717) is 4.90 Å². The summed E-state index contributed by atoms with van der Waals surface area (Å²) in [5, 5.41) is 0.996. The van der Waals surface area contributed by atoms with E-state index in [-0.39, 0.29) is 16.3 Å². The van der Waals surface area contributed by atoms with Gasteiger partial charge in [-0.15, -0.1) is 0 Å². The molecule has 0 bridgehead atoms. The molecule has 0 saturated heterocycles. The number of halogens is 4. The molecule has 1 aliphatic heterocycles. The largest absolute Gasteiger partial charge is 0.471 e. The van der Waals surface area contributed by atoms with Crippen molar-refractivity contribution in [1.29, 1.82) is 0 Å². The van der Waals surface area contributed by atoms with Gasteiger partial charge in [-0.2, -0.15) is 13.2 Å². The van der Waals surface area contributed by atoms with E-state index >= 15 is 0 Å². The summed E-state index contributed by atoms with van der Waals surface area (Å²) < 4.78 is 61.5. The fraction of sp³-hybridized carbons (Fsp3) is 0.308. The Bertz CT molecular complexity index is 743. The molecular formula is C13H11ClF3NO3S. The molecule has 1 atom stereocenters. The molecule has 0 saturated carbocycles. The Morgan fingerprint density at radius 2 is 2.00 bits per heavy atom. The predicted octanol–water partition coefficient (Wildman–Crippen LogP) is 2.85. The zero-order valence-electron chi connectivity index (χ0n) is 11.3.